The molecule has 0 atom stereocenters. The van der Waals surface area contributed by atoms with Gasteiger partial charge in [-0.1, -0.05) is 15.9 Å². The van der Waals surface area contributed by atoms with Gasteiger partial charge in [0.25, 0.3) is 0 Å². The zero-order valence-electron chi connectivity index (χ0n) is 12.1. The van der Waals surface area contributed by atoms with E-state index >= 15 is 0 Å². The number of fused-ring (bicyclic) bond motifs is 1. The molecule has 0 saturated carbocycles. The van der Waals surface area contributed by atoms with Gasteiger partial charge in [0.2, 0.25) is 0 Å². The van der Waals surface area contributed by atoms with Gasteiger partial charge in [0.1, 0.15) is 5.75 Å². The lowest BCUT2D eigenvalue weighted by atomic mass is 9.97. The van der Waals surface area contributed by atoms with Gasteiger partial charge in [0.05, 0.1) is 6.61 Å². The standard InChI is InChI=1S/C16H23BrN2O/c1-19(10-12-2-5-18-6-3-12)11-14-9-15(17)8-13-4-7-20-16(13)14/h8-9,12,18H,2-7,10-11H2,1H3. The van der Waals surface area contributed by atoms with Crippen LogP contribution in [-0.4, -0.2) is 38.2 Å². The summed E-state index contributed by atoms with van der Waals surface area (Å²) in [4.78, 5) is 2.44. The van der Waals surface area contributed by atoms with Gasteiger partial charge in [-0.15, -0.1) is 0 Å². The molecule has 2 aliphatic rings. The minimum Gasteiger partial charge on any atom is -0.493 e. The molecule has 20 heavy (non-hydrogen) atoms. The smallest absolute Gasteiger partial charge is 0.127 e. The summed E-state index contributed by atoms with van der Waals surface area (Å²) in [5, 5.41) is 3.43. The van der Waals surface area contributed by atoms with Crippen molar-refractivity contribution in [1.82, 2.24) is 10.2 Å². The van der Waals surface area contributed by atoms with E-state index in [0.29, 0.717) is 0 Å². The predicted molar refractivity (Wildman–Crippen MR) is 85.3 cm³/mol. The molecule has 2 aliphatic heterocycles. The van der Waals surface area contributed by atoms with Gasteiger partial charge in [-0.2, -0.15) is 0 Å². The first kappa shape index (κ1) is 14.4. The molecule has 2 heterocycles. The molecule has 110 valence electrons. The Labute approximate surface area is 129 Å². The Balaban J connectivity index is 1.65. The van der Waals surface area contributed by atoms with Gasteiger partial charge in [-0.25, -0.2) is 0 Å². The zero-order valence-corrected chi connectivity index (χ0v) is 13.7. The van der Waals surface area contributed by atoms with Crippen LogP contribution in [0.3, 0.4) is 0 Å². The summed E-state index contributed by atoms with van der Waals surface area (Å²) in [6.07, 6.45) is 3.65. The van der Waals surface area contributed by atoms with Crippen LogP contribution in [0.1, 0.15) is 24.0 Å². The second-order valence-electron chi connectivity index (χ2n) is 6.04. The summed E-state index contributed by atoms with van der Waals surface area (Å²) >= 11 is 3.62. The van der Waals surface area contributed by atoms with Gasteiger partial charge in [-0.05, 0) is 56.6 Å². The van der Waals surface area contributed by atoms with Crippen molar-refractivity contribution in [3.63, 3.8) is 0 Å². The molecule has 0 bridgehead atoms. The fourth-order valence-corrected chi connectivity index (χ4v) is 3.88. The van der Waals surface area contributed by atoms with Gasteiger partial charge in [0.15, 0.2) is 0 Å². The van der Waals surface area contributed by atoms with Crippen LogP contribution < -0.4 is 10.1 Å². The fraction of sp³-hybridized carbons (Fsp3) is 0.625. The number of piperidine rings is 1. The molecule has 0 amide bonds. The maximum atomic E-state index is 5.82. The van der Waals surface area contributed by atoms with Gasteiger partial charge < -0.3 is 15.0 Å². The Hall–Kier alpha value is -0.580. The summed E-state index contributed by atoms with van der Waals surface area (Å²) in [7, 11) is 2.23. The van der Waals surface area contributed by atoms with Crippen LogP contribution in [0.15, 0.2) is 16.6 Å². The van der Waals surface area contributed by atoms with Crippen molar-refractivity contribution in [3.8, 4) is 5.75 Å². The van der Waals surface area contributed by atoms with Crippen molar-refractivity contribution in [2.75, 3.05) is 33.3 Å². The Kier molecular flexibility index (Phi) is 4.64. The number of ether oxygens (including phenoxy) is 1. The van der Waals surface area contributed by atoms with Crippen LogP contribution in [-0.2, 0) is 13.0 Å². The van der Waals surface area contributed by atoms with Crippen molar-refractivity contribution in [2.24, 2.45) is 5.92 Å². The highest BCUT2D eigenvalue weighted by atomic mass is 79.9. The third-order valence-corrected chi connectivity index (χ3v) is 4.75. The normalized spacial score (nSPS) is 19.1. The first-order valence-corrected chi connectivity index (χ1v) is 8.35. The van der Waals surface area contributed by atoms with Crippen molar-refractivity contribution in [1.29, 1.82) is 0 Å². The summed E-state index contributed by atoms with van der Waals surface area (Å²) in [5.41, 5.74) is 2.67. The van der Waals surface area contributed by atoms with E-state index in [4.69, 9.17) is 4.74 Å². The number of hydrogen-bond acceptors (Lipinski definition) is 3. The Morgan fingerprint density at radius 1 is 1.35 bits per heavy atom. The Bertz CT molecular complexity index is 472. The molecule has 0 unspecified atom stereocenters. The highest BCUT2D eigenvalue weighted by molar-refractivity contribution is 9.10. The van der Waals surface area contributed by atoms with E-state index in [1.165, 1.54) is 48.1 Å². The summed E-state index contributed by atoms with van der Waals surface area (Å²) in [5.74, 6) is 1.97. The van der Waals surface area contributed by atoms with Gasteiger partial charge in [0, 0.05) is 29.5 Å². The van der Waals surface area contributed by atoms with Crippen LogP contribution in [0.4, 0.5) is 0 Å². The molecule has 1 aromatic rings. The van der Waals surface area contributed by atoms with E-state index in [0.717, 1.165) is 31.2 Å². The average Bonchev–Trinajstić information content (AvgIpc) is 2.88. The fourth-order valence-electron chi connectivity index (χ4n) is 3.32. The third kappa shape index (κ3) is 3.35. The van der Waals surface area contributed by atoms with Crippen LogP contribution >= 0.6 is 15.9 Å². The third-order valence-electron chi connectivity index (χ3n) is 4.29. The number of halogens is 1. The monoisotopic (exact) mass is 338 g/mol. The molecule has 0 radical (unpaired) electrons. The maximum absolute atomic E-state index is 5.82. The summed E-state index contributed by atoms with van der Waals surface area (Å²) < 4.78 is 6.99. The Morgan fingerprint density at radius 2 is 2.15 bits per heavy atom. The molecule has 0 aromatic heterocycles. The number of nitrogens with one attached hydrogen (secondary N) is 1. The van der Waals surface area contributed by atoms with Crippen molar-refractivity contribution in [2.45, 2.75) is 25.8 Å². The van der Waals surface area contributed by atoms with E-state index < -0.39 is 0 Å². The number of nitrogens with zero attached hydrogens (tertiary/aromatic N) is 1. The van der Waals surface area contributed by atoms with Crippen molar-refractivity contribution >= 4 is 15.9 Å². The molecule has 4 heteroatoms. The van der Waals surface area contributed by atoms with Crippen molar-refractivity contribution < 1.29 is 4.74 Å². The molecule has 3 rings (SSSR count). The summed E-state index contributed by atoms with van der Waals surface area (Å²) in [6, 6.07) is 4.40. The molecular weight excluding hydrogens is 316 g/mol. The van der Waals surface area contributed by atoms with E-state index in [1.54, 1.807) is 0 Å². The highest BCUT2D eigenvalue weighted by Gasteiger charge is 2.20. The topological polar surface area (TPSA) is 24.5 Å². The average molecular weight is 339 g/mol. The maximum Gasteiger partial charge on any atom is 0.127 e. The minimum absolute atomic E-state index is 0.830. The van der Waals surface area contributed by atoms with Gasteiger partial charge in [-0.3, -0.25) is 0 Å². The van der Waals surface area contributed by atoms with E-state index in [-0.39, 0.29) is 0 Å². The lowest BCUT2D eigenvalue weighted by Crippen LogP contribution is -2.34. The first-order valence-electron chi connectivity index (χ1n) is 7.56. The number of hydrogen-bond donors (Lipinski definition) is 1. The minimum atomic E-state index is 0.830. The molecular formula is C16H23BrN2O. The summed E-state index contributed by atoms with van der Waals surface area (Å²) in [6.45, 7) is 5.34. The first-order chi connectivity index (χ1) is 9.72. The quantitative estimate of drug-likeness (QED) is 0.913. The molecule has 1 N–H and O–H groups in total. The molecule has 0 aliphatic carbocycles. The second kappa shape index (κ2) is 6.46. The molecule has 0 spiro atoms. The van der Waals surface area contributed by atoms with Crippen LogP contribution in [0.5, 0.6) is 5.75 Å². The van der Waals surface area contributed by atoms with Gasteiger partial charge >= 0.3 is 0 Å². The van der Waals surface area contributed by atoms with E-state index in [1.807, 2.05) is 0 Å². The Morgan fingerprint density at radius 3 is 2.95 bits per heavy atom. The van der Waals surface area contributed by atoms with E-state index in [2.05, 4.69) is 45.3 Å². The molecule has 1 aromatic carbocycles. The second-order valence-corrected chi connectivity index (χ2v) is 6.96. The predicted octanol–water partition coefficient (Wildman–Crippen LogP) is 2.82. The van der Waals surface area contributed by atoms with Crippen LogP contribution in [0.2, 0.25) is 0 Å². The number of benzene rings is 1. The highest BCUT2D eigenvalue weighted by Crippen LogP contribution is 2.33. The molecule has 1 fully saturated rings. The van der Waals surface area contributed by atoms with Crippen molar-refractivity contribution in [3.05, 3.63) is 27.7 Å². The zero-order chi connectivity index (χ0) is 13.9. The molecule has 3 nitrogen and oxygen atoms in total. The van der Waals surface area contributed by atoms with E-state index in [9.17, 15) is 0 Å². The SMILES string of the molecule is CN(Cc1cc(Br)cc2c1OCC2)CC1CCNCC1. The number of rotatable bonds is 4. The van der Waals surface area contributed by atoms with Crippen LogP contribution in [0.25, 0.3) is 0 Å². The lowest BCUT2D eigenvalue weighted by molar-refractivity contribution is 0.231. The van der Waals surface area contributed by atoms with Crippen LogP contribution in [0, 0.1) is 5.92 Å². The lowest BCUT2D eigenvalue weighted by Gasteiger charge is -2.28. The largest absolute Gasteiger partial charge is 0.493 e. The molecule has 1 saturated heterocycles.